The van der Waals surface area contributed by atoms with Gasteiger partial charge in [0.15, 0.2) is 5.82 Å². The molecule has 0 fully saturated rings. The van der Waals surface area contributed by atoms with Gasteiger partial charge in [0.2, 0.25) is 0 Å². The molecule has 0 aliphatic rings. The molecule has 0 bridgehead atoms. The zero-order chi connectivity index (χ0) is 36.0. The predicted octanol–water partition coefficient (Wildman–Crippen LogP) is 14.1. The fourth-order valence-corrected chi connectivity index (χ4v) is 9.89. The Morgan fingerprint density at radius 1 is 0.364 bits per heavy atom. The Kier molecular flexibility index (Phi) is 6.50. The zero-order valence-corrected chi connectivity index (χ0v) is 30.3. The number of benzene rings is 9. The average Bonchev–Trinajstić information content (AvgIpc) is 3.64. The molecule has 0 saturated heterocycles. The average molecular weight is 716 g/mol. The Morgan fingerprint density at radius 2 is 0.964 bits per heavy atom. The molecule has 0 spiro atoms. The molecule has 3 nitrogen and oxygen atoms in total. The number of rotatable bonds is 4. The molecule has 12 rings (SSSR count). The Bertz CT molecular complexity index is 3480. The van der Waals surface area contributed by atoms with Gasteiger partial charge in [-0.2, -0.15) is 0 Å². The fourth-order valence-electron chi connectivity index (χ4n) is 8.71. The van der Waals surface area contributed by atoms with Gasteiger partial charge >= 0.3 is 0 Å². The van der Waals surface area contributed by atoms with E-state index < -0.39 is 0 Å². The summed E-state index contributed by atoms with van der Waals surface area (Å²) in [5.74, 6) is 0.713. The van der Waals surface area contributed by atoms with Crippen molar-refractivity contribution in [2.45, 2.75) is 0 Å². The van der Waals surface area contributed by atoms with E-state index in [1.165, 1.54) is 47.1 Å². The quantitative estimate of drug-likeness (QED) is 0.170. The second-order valence-corrected chi connectivity index (χ2v) is 15.3. The van der Waals surface area contributed by atoms with Gasteiger partial charge in [0, 0.05) is 43.1 Å². The fraction of sp³-hybridized carbons (Fsp3) is 0. The SMILES string of the molecule is c1ccc(-c2cc(-c3ccc(-c4nc5c6ccccc6sc5c5ccccc45)c4ccccc34)nc(-c3ccc4ccc5cccc6ccc3c4c56)n2)cc1. The molecule has 0 amide bonds. The van der Waals surface area contributed by atoms with Crippen molar-refractivity contribution >= 4 is 85.5 Å². The van der Waals surface area contributed by atoms with Crippen molar-refractivity contribution in [3.63, 3.8) is 0 Å². The van der Waals surface area contributed by atoms with Gasteiger partial charge in [0.25, 0.3) is 0 Å². The largest absolute Gasteiger partial charge is 0.246 e. The van der Waals surface area contributed by atoms with Crippen LogP contribution in [0, 0.1) is 0 Å². The molecular weight excluding hydrogens is 687 g/mol. The van der Waals surface area contributed by atoms with E-state index in [0.29, 0.717) is 5.82 Å². The first-order valence-electron chi connectivity index (χ1n) is 18.6. The highest BCUT2D eigenvalue weighted by Crippen LogP contribution is 2.44. The Balaban J connectivity index is 1.11. The minimum Gasteiger partial charge on any atom is -0.246 e. The molecule has 4 heteroatoms. The summed E-state index contributed by atoms with van der Waals surface area (Å²) in [5, 5.41) is 13.3. The third-order valence-corrected chi connectivity index (χ3v) is 12.4. The van der Waals surface area contributed by atoms with Gasteiger partial charge in [0.1, 0.15) is 0 Å². The molecule has 3 heterocycles. The van der Waals surface area contributed by atoms with E-state index >= 15 is 0 Å². The third kappa shape index (κ3) is 4.59. The molecule has 254 valence electrons. The van der Waals surface area contributed by atoms with Crippen molar-refractivity contribution in [1.29, 1.82) is 0 Å². The summed E-state index contributed by atoms with van der Waals surface area (Å²) in [6.07, 6.45) is 0. The van der Waals surface area contributed by atoms with E-state index in [1.807, 2.05) is 17.4 Å². The third-order valence-electron chi connectivity index (χ3n) is 11.2. The summed E-state index contributed by atoms with van der Waals surface area (Å²) < 4.78 is 2.49. The first-order valence-corrected chi connectivity index (χ1v) is 19.4. The molecule has 0 aliphatic carbocycles. The number of fused-ring (bicyclic) bond motifs is 6. The second-order valence-electron chi connectivity index (χ2n) is 14.3. The second kappa shape index (κ2) is 11.7. The van der Waals surface area contributed by atoms with Gasteiger partial charge in [-0.3, -0.25) is 0 Å². The molecule has 0 unspecified atom stereocenters. The molecule has 9 aromatic carbocycles. The number of thiophene rings is 1. The highest BCUT2D eigenvalue weighted by atomic mass is 32.1. The highest BCUT2D eigenvalue weighted by molar-refractivity contribution is 7.26. The van der Waals surface area contributed by atoms with Gasteiger partial charge in [-0.25, -0.2) is 15.0 Å². The Labute approximate surface area is 320 Å². The van der Waals surface area contributed by atoms with Gasteiger partial charge in [0.05, 0.1) is 27.3 Å². The highest BCUT2D eigenvalue weighted by Gasteiger charge is 2.20. The number of hydrogen-bond donors (Lipinski definition) is 0. The standard InChI is InChI=1S/C51H29N3S/c1-2-11-30(12-3-1)43-29-44(53-51(52-43)41-26-24-33-22-21-31-13-10-14-32-23-25-37(41)47(33)46(31)32)36-27-28-39(35-16-5-4-15-34(35)36)48-38-17-6-7-18-40(38)50-49(54-48)42-19-8-9-20-45(42)55-50/h1-29H. The van der Waals surface area contributed by atoms with Crippen LogP contribution in [0.3, 0.4) is 0 Å². The summed E-state index contributed by atoms with van der Waals surface area (Å²) in [5.41, 5.74) is 8.08. The molecule has 0 atom stereocenters. The minimum atomic E-state index is 0.713. The van der Waals surface area contributed by atoms with Gasteiger partial charge in [-0.1, -0.05) is 158 Å². The van der Waals surface area contributed by atoms with Crippen molar-refractivity contribution in [3.05, 3.63) is 176 Å². The van der Waals surface area contributed by atoms with Crippen molar-refractivity contribution < 1.29 is 0 Å². The lowest BCUT2D eigenvalue weighted by Gasteiger charge is -2.16. The molecule has 0 aliphatic heterocycles. The first kappa shape index (κ1) is 30.5. The van der Waals surface area contributed by atoms with Crippen LogP contribution in [-0.4, -0.2) is 15.0 Å². The normalized spacial score (nSPS) is 12.0. The van der Waals surface area contributed by atoms with Gasteiger partial charge in [-0.05, 0) is 61.3 Å². The number of aromatic nitrogens is 3. The Morgan fingerprint density at radius 3 is 1.78 bits per heavy atom. The zero-order valence-electron chi connectivity index (χ0n) is 29.5. The van der Waals surface area contributed by atoms with Crippen molar-refractivity contribution in [2.75, 3.05) is 0 Å². The molecule has 0 saturated carbocycles. The maximum Gasteiger partial charge on any atom is 0.161 e. The summed E-state index contributed by atoms with van der Waals surface area (Å²) in [4.78, 5) is 16.2. The van der Waals surface area contributed by atoms with Crippen LogP contribution in [0.2, 0.25) is 0 Å². The van der Waals surface area contributed by atoms with E-state index in [9.17, 15) is 0 Å². The lowest BCUT2D eigenvalue weighted by Crippen LogP contribution is -1.98. The first-order chi connectivity index (χ1) is 27.3. The van der Waals surface area contributed by atoms with E-state index in [2.05, 4.69) is 170 Å². The number of pyridine rings is 1. The van der Waals surface area contributed by atoms with Crippen LogP contribution < -0.4 is 0 Å². The van der Waals surface area contributed by atoms with Crippen molar-refractivity contribution in [2.24, 2.45) is 0 Å². The summed E-state index contributed by atoms with van der Waals surface area (Å²) >= 11 is 1.82. The molecule has 0 N–H and O–H groups in total. The van der Waals surface area contributed by atoms with Crippen LogP contribution in [-0.2, 0) is 0 Å². The Hall–Kier alpha value is -7.01. The summed E-state index contributed by atoms with van der Waals surface area (Å²) in [6.45, 7) is 0. The van der Waals surface area contributed by atoms with E-state index in [-0.39, 0.29) is 0 Å². The maximum absolute atomic E-state index is 5.47. The van der Waals surface area contributed by atoms with Crippen LogP contribution >= 0.6 is 11.3 Å². The van der Waals surface area contributed by atoms with Crippen LogP contribution in [0.15, 0.2) is 176 Å². The van der Waals surface area contributed by atoms with Crippen LogP contribution in [0.25, 0.3) is 119 Å². The van der Waals surface area contributed by atoms with Crippen LogP contribution in [0.1, 0.15) is 0 Å². The molecule has 55 heavy (non-hydrogen) atoms. The molecule has 0 radical (unpaired) electrons. The lowest BCUT2D eigenvalue weighted by molar-refractivity contribution is 1.19. The summed E-state index contributed by atoms with van der Waals surface area (Å²) in [7, 11) is 0. The van der Waals surface area contributed by atoms with Crippen LogP contribution in [0.4, 0.5) is 0 Å². The van der Waals surface area contributed by atoms with E-state index in [1.54, 1.807) is 0 Å². The van der Waals surface area contributed by atoms with Crippen molar-refractivity contribution in [1.82, 2.24) is 15.0 Å². The van der Waals surface area contributed by atoms with Gasteiger partial charge in [-0.15, -0.1) is 11.3 Å². The lowest BCUT2D eigenvalue weighted by atomic mass is 9.91. The maximum atomic E-state index is 5.47. The van der Waals surface area contributed by atoms with Crippen LogP contribution in [0.5, 0.6) is 0 Å². The predicted molar refractivity (Wildman–Crippen MR) is 233 cm³/mol. The minimum absolute atomic E-state index is 0.713. The van der Waals surface area contributed by atoms with Crippen molar-refractivity contribution in [3.8, 4) is 45.2 Å². The smallest absolute Gasteiger partial charge is 0.161 e. The summed E-state index contributed by atoms with van der Waals surface area (Å²) in [6, 6.07) is 62.9. The van der Waals surface area contributed by atoms with E-state index in [0.717, 1.165) is 66.4 Å². The molecule has 3 aromatic heterocycles. The molecule has 12 aromatic rings. The monoisotopic (exact) mass is 715 g/mol. The number of nitrogens with zero attached hydrogens (tertiary/aromatic N) is 3. The van der Waals surface area contributed by atoms with Gasteiger partial charge < -0.3 is 0 Å². The topological polar surface area (TPSA) is 38.7 Å². The van der Waals surface area contributed by atoms with E-state index in [4.69, 9.17) is 15.0 Å². The molecular formula is C51H29N3S. The number of hydrogen-bond acceptors (Lipinski definition) is 4.